The fourth-order valence-electron chi connectivity index (χ4n) is 2.42. The lowest BCUT2D eigenvalue weighted by Gasteiger charge is -2.28. The summed E-state index contributed by atoms with van der Waals surface area (Å²) in [5.41, 5.74) is 1.36. The van der Waals surface area contributed by atoms with Gasteiger partial charge in [-0.15, -0.1) is 0 Å². The van der Waals surface area contributed by atoms with E-state index in [1.807, 2.05) is 38.1 Å². The molecule has 1 aromatic heterocycles. The van der Waals surface area contributed by atoms with Crippen LogP contribution in [0, 0.1) is 0 Å². The van der Waals surface area contributed by atoms with Gasteiger partial charge < -0.3 is 5.11 Å². The van der Waals surface area contributed by atoms with Crippen LogP contribution in [0.2, 0.25) is 5.02 Å². The van der Waals surface area contributed by atoms with Gasteiger partial charge in [0.2, 0.25) is 0 Å². The first-order valence-electron chi connectivity index (χ1n) is 6.87. The van der Waals surface area contributed by atoms with Gasteiger partial charge in [0.1, 0.15) is 0 Å². The van der Waals surface area contributed by atoms with Crippen molar-refractivity contribution in [3.63, 3.8) is 0 Å². The molecule has 2 aromatic rings. The van der Waals surface area contributed by atoms with Crippen LogP contribution in [-0.2, 0) is 6.54 Å². The fourth-order valence-corrected chi connectivity index (χ4v) is 2.66. The Hall–Kier alpha value is -1.16. The Kier molecular flexibility index (Phi) is 4.63. The van der Waals surface area contributed by atoms with E-state index in [2.05, 4.69) is 16.8 Å². The number of benzene rings is 1. The Morgan fingerprint density at radius 2 is 2.10 bits per heavy atom. The van der Waals surface area contributed by atoms with E-state index in [0.717, 1.165) is 34.6 Å². The number of hydrogen-bond acceptors (Lipinski definition) is 3. The summed E-state index contributed by atoms with van der Waals surface area (Å²) in [5, 5.41) is 11.8. The average Bonchev–Trinajstić information content (AvgIpc) is 2.36. The van der Waals surface area contributed by atoms with E-state index in [1.54, 1.807) is 6.20 Å². The molecular weight excluding hydrogens is 272 g/mol. The normalized spacial score (nSPS) is 12.3. The van der Waals surface area contributed by atoms with Gasteiger partial charge >= 0.3 is 0 Å². The topological polar surface area (TPSA) is 36.4 Å². The summed E-state index contributed by atoms with van der Waals surface area (Å²) in [6.45, 7) is 7.95. The molecule has 0 bridgehead atoms. The van der Waals surface area contributed by atoms with Crippen LogP contribution in [0.4, 0.5) is 0 Å². The SMILES string of the molecule is CCN(Cc1cc(Cl)cc2cccnc12)CC(C)(C)O. The van der Waals surface area contributed by atoms with Crippen molar-refractivity contribution in [3.8, 4) is 0 Å². The largest absolute Gasteiger partial charge is 0.389 e. The number of aromatic nitrogens is 1. The molecule has 0 aliphatic carbocycles. The highest BCUT2D eigenvalue weighted by Crippen LogP contribution is 2.23. The van der Waals surface area contributed by atoms with E-state index >= 15 is 0 Å². The van der Waals surface area contributed by atoms with Crippen molar-refractivity contribution in [1.82, 2.24) is 9.88 Å². The standard InChI is InChI=1S/C16H21ClN2O/c1-4-19(11-16(2,3)20)10-13-9-14(17)8-12-6-5-7-18-15(12)13/h5-9,20H,4,10-11H2,1-3H3. The highest BCUT2D eigenvalue weighted by molar-refractivity contribution is 6.31. The fraction of sp³-hybridized carbons (Fsp3) is 0.438. The molecule has 1 aromatic carbocycles. The van der Waals surface area contributed by atoms with E-state index in [1.165, 1.54) is 0 Å². The van der Waals surface area contributed by atoms with E-state index in [0.29, 0.717) is 6.54 Å². The minimum absolute atomic E-state index is 0.615. The summed E-state index contributed by atoms with van der Waals surface area (Å²) in [6.07, 6.45) is 1.80. The molecule has 0 amide bonds. The quantitative estimate of drug-likeness (QED) is 0.916. The Bertz CT molecular complexity index is 593. The third-order valence-electron chi connectivity index (χ3n) is 3.20. The first kappa shape index (κ1) is 15.2. The maximum atomic E-state index is 9.98. The van der Waals surface area contributed by atoms with Gasteiger partial charge in [0.05, 0.1) is 11.1 Å². The molecule has 0 unspecified atom stereocenters. The van der Waals surface area contributed by atoms with Gasteiger partial charge in [0.25, 0.3) is 0 Å². The zero-order valence-electron chi connectivity index (χ0n) is 12.2. The van der Waals surface area contributed by atoms with Crippen LogP contribution in [0.25, 0.3) is 10.9 Å². The number of nitrogens with zero attached hydrogens (tertiary/aromatic N) is 2. The molecule has 108 valence electrons. The van der Waals surface area contributed by atoms with E-state index in [9.17, 15) is 5.11 Å². The van der Waals surface area contributed by atoms with Crippen LogP contribution < -0.4 is 0 Å². The van der Waals surface area contributed by atoms with Gasteiger partial charge in [0.15, 0.2) is 0 Å². The van der Waals surface area contributed by atoms with Crippen LogP contribution in [-0.4, -0.2) is 33.7 Å². The minimum atomic E-state index is -0.710. The summed E-state index contributed by atoms with van der Waals surface area (Å²) in [7, 11) is 0. The molecule has 0 atom stereocenters. The number of pyridine rings is 1. The molecular formula is C16H21ClN2O. The van der Waals surface area contributed by atoms with Gasteiger partial charge in [-0.1, -0.05) is 24.6 Å². The molecule has 0 aliphatic heterocycles. The number of hydrogen-bond donors (Lipinski definition) is 1. The molecule has 2 rings (SSSR count). The van der Waals surface area contributed by atoms with Crippen molar-refractivity contribution < 1.29 is 5.11 Å². The first-order valence-corrected chi connectivity index (χ1v) is 7.25. The van der Waals surface area contributed by atoms with Gasteiger partial charge in [0, 0.05) is 29.7 Å². The van der Waals surface area contributed by atoms with Crippen LogP contribution in [0.5, 0.6) is 0 Å². The predicted molar refractivity (Wildman–Crippen MR) is 84.0 cm³/mol. The third kappa shape index (κ3) is 3.92. The van der Waals surface area contributed by atoms with Gasteiger partial charge in [-0.3, -0.25) is 9.88 Å². The van der Waals surface area contributed by atoms with Crippen molar-refractivity contribution in [3.05, 3.63) is 41.0 Å². The second-order valence-electron chi connectivity index (χ2n) is 5.76. The molecule has 0 fully saturated rings. The second kappa shape index (κ2) is 6.08. The maximum Gasteiger partial charge on any atom is 0.0747 e. The van der Waals surface area contributed by atoms with Crippen LogP contribution in [0.1, 0.15) is 26.3 Å². The van der Waals surface area contributed by atoms with E-state index < -0.39 is 5.60 Å². The Balaban J connectivity index is 2.32. The summed E-state index contributed by atoms with van der Waals surface area (Å²) in [5.74, 6) is 0. The Labute approximate surface area is 125 Å². The molecule has 0 spiro atoms. The number of rotatable bonds is 5. The molecule has 1 heterocycles. The van der Waals surface area contributed by atoms with Crippen LogP contribution in [0.3, 0.4) is 0 Å². The van der Waals surface area contributed by atoms with Gasteiger partial charge in [-0.05, 0) is 44.2 Å². The number of likely N-dealkylation sites (N-methyl/N-ethyl adjacent to an activating group) is 1. The average molecular weight is 293 g/mol. The van der Waals surface area contributed by atoms with E-state index in [-0.39, 0.29) is 0 Å². The van der Waals surface area contributed by atoms with Gasteiger partial charge in [-0.2, -0.15) is 0 Å². The minimum Gasteiger partial charge on any atom is -0.389 e. The summed E-state index contributed by atoms with van der Waals surface area (Å²) in [4.78, 5) is 6.65. The van der Waals surface area contributed by atoms with Crippen LogP contribution in [0.15, 0.2) is 30.5 Å². The van der Waals surface area contributed by atoms with Crippen LogP contribution >= 0.6 is 11.6 Å². The molecule has 0 saturated heterocycles. The van der Waals surface area contributed by atoms with E-state index in [4.69, 9.17) is 11.6 Å². The second-order valence-corrected chi connectivity index (χ2v) is 6.19. The zero-order chi connectivity index (χ0) is 14.8. The summed E-state index contributed by atoms with van der Waals surface area (Å²) < 4.78 is 0. The molecule has 0 radical (unpaired) electrons. The zero-order valence-corrected chi connectivity index (χ0v) is 13.0. The Morgan fingerprint density at radius 3 is 2.75 bits per heavy atom. The Morgan fingerprint density at radius 1 is 1.35 bits per heavy atom. The third-order valence-corrected chi connectivity index (χ3v) is 3.42. The van der Waals surface area contributed by atoms with Crippen molar-refractivity contribution in [2.45, 2.75) is 32.9 Å². The number of halogens is 1. The molecule has 4 heteroatoms. The smallest absolute Gasteiger partial charge is 0.0747 e. The molecule has 20 heavy (non-hydrogen) atoms. The van der Waals surface area contributed by atoms with Crippen molar-refractivity contribution in [2.75, 3.05) is 13.1 Å². The molecule has 0 aliphatic rings. The van der Waals surface area contributed by atoms with Crippen molar-refractivity contribution in [1.29, 1.82) is 0 Å². The lowest BCUT2D eigenvalue weighted by Crippen LogP contribution is -2.38. The van der Waals surface area contributed by atoms with Crippen molar-refractivity contribution >= 4 is 22.5 Å². The lowest BCUT2D eigenvalue weighted by atomic mass is 10.1. The molecule has 3 nitrogen and oxygen atoms in total. The first-order chi connectivity index (χ1) is 9.39. The van der Waals surface area contributed by atoms with Crippen molar-refractivity contribution in [2.24, 2.45) is 0 Å². The monoisotopic (exact) mass is 292 g/mol. The number of aliphatic hydroxyl groups is 1. The summed E-state index contributed by atoms with van der Waals surface area (Å²) in [6, 6.07) is 7.82. The van der Waals surface area contributed by atoms with Gasteiger partial charge in [-0.25, -0.2) is 0 Å². The summed E-state index contributed by atoms with van der Waals surface area (Å²) >= 11 is 6.19. The maximum absolute atomic E-state index is 9.98. The predicted octanol–water partition coefficient (Wildman–Crippen LogP) is 3.48. The molecule has 1 N–H and O–H groups in total. The number of fused-ring (bicyclic) bond motifs is 1. The highest BCUT2D eigenvalue weighted by atomic mass is 35.5. The molecule has 0 saturated carbocycles. The highest BCUT2D eigenvalue weighted by Gasteiger charge is 2.18. The lowest BCUT2D eigenvalue weighted by molar-refractivity contribution is 0.0354.